The van der Waals surface area contributed by atoms with Crippen molar-refractivity contribution in [1.29, 1.82) is 0 Å². The molecule has 0 aliphatic carbocycles. The van der Waals surface area contributed by atoms with E-state index in [1.165, 1.54) is 0 Å². The van der Waals surface area contributed by atoms with Crippen molar-refractivity contribution in [2.24, 2.45) is 5.73 Å². The van der Waals surface area contributed by atoms with E-state index in [-0.39, 0.29) is 5.91 Å². The highest BCUT2D eigenvalue weighted by atomic mass is 35.5. The lowest BCUT2D eigenvalue weighted by molar-refractivity contribution is -0.125. The Hall–Kier alpha value is -2.01. The van der Waals surface area contributed by atoms with Crippen LogP contribution in [0.5, 0.6) is 0 Å². The number of rotatable bonds is 2. The monoisotopic (exact) mass is 307 g/mol. The standard InChI is InChI=1S/C15H18ClN3O2/c16-13-5-2-12(3-6-13)4-7-14(20)18-8-1-9-19(11-10-18)15(17)21/h2-7H,1,8-11H2,(H2,17,21). The average molecular weight is 308 g/mol. The molecule has 6 heteroatoms. The van der Waals surface area contributed by atoms with Crippen molar-refractivity contribution in [2.75, 3.05) is 26.2 Å². The molecule has 1 aromatic carbocycles. The van der Waals surface area contributed by atoms with Gasteiger partial charge in [0, 0.05) is 37.3 Å². The van der Waals surface area contributed by atoms with Gasteiger partial charge >= 0.3 is 6.03 Å². The number of urea groups is 1. The van der Waals surface area contributed by atoms with Crippen LogP contribution in [0, 0.1) is 0 Å². The smallest absolute Gasteiger partial charge is 0.314 e. The summed E-state index contributed by atoms with van der Waals surface area (Å²) < 4.78 is 0. The lowest BCUT2D eigenvalue weighted by atomic mass is 10.2. The van der Waals surface area contributed by atoms with Gasteiger partial charge in [0.25, 0.3) is 0 Å². The third-order valence-electron chi connectivity index (χ3n) is 3.41. The van der Waals surface area contributed by atoms with E-state index in [2.05, 4.69) is 0 Å². The lowest BCUT2D eigenvalue weighted by Gasteiger charge is -2.19. The van der Waals surface area contributed by atoms with Crippen LogP contribution in [0.4, 0.5) is 4.79 Å². The molecule has 0 spiro atoms. The van der Waals surface area contributed by atoms with Crippen LogP contribution in [0.15, 0.2) is 30.3 Å². The predicted octanol–water partition coefficient (Wildman–Crippen LogP) is 1.97. The number of primary amides is 1. The Morgan fingerprint density at radius 3 is 2.33 bits per heavy atom. The Balaban J connectivity index is 1.93. The van der Waals surface area contributed by atoms with Crippen LogP contribution in [0.1, 0.15) is 12.0 Å². The number of nitrogens with zero attached hydrogens (tertiary/aromatic N) is 2. The van der Waals surface area contributed by atoms with Crippen LogP contribution >= 0.6 is 11.6 Å². The van der Waals surface area contributed by atoms with Crippen LogP contribution < -0.4 is 5.73 Å². The summed E-state index contributed by atoms with van der Waals surface area (Å²) >= 11 is 5.81. The van der Waals surface area contributed by atoms with E-state index in [0.717, 1.165) is 12.0 Å². The quantitative estimate of drug-likeness (QED) is 0.849. The zero-order valence-electron chi connectivity index (χ0n) is 11.7. The van der Waals surface area contributed by atoms with Gasteiger partial charge in [0.15, 0.2) is 0 Å². The van der Waals surface area contributed by atoms with Gasteiger partial charge in [0.1, 0.15) is 0 Å². The summed E-state index contributed by atoms with van der Waals surface area (Å²) in [5, 5.41) is 0.664. The molecule has 0 atom stereocenters. The highest BCUT2D eigenvalue weighted by molar-refractivity contribution is 6.30. The number of halogens is 1. The molecule has 2 N–H and O–H groups in total. The summed E-state index contributed by atoms with van der Waals surface area (Å²) in [5.74, 6) is -0.0590. The second-order valence-electron chi connectivity index (χ2n) is 4.89. The second-order valence-corrected chi connectivity index (χ2v) is 5.33. The molecule has 1 fully saturated rings. The van der Waals surface area contributed by atoms with Crippen molar-refractivity contribution in [3.8, 4) is 0 Å². The molecule has 0 radical (unpaired) electrons. The van der Waals surface area contributed by atoms with Gasteiger partial charge in [0.2, 0.25) is 5.91 Å². The normalized spacial score (nSPS) is 16.0. The van der Waals surface area contributed by atoms with Crippen LogP contribution in [0.2, 0.25) is 5.02 Å². The molecule has 0 unspecified atom stereocenters. The fraction of sp³-hybridized carbons (Fsp3) is 0.333. The van der Waals surface area contributed by atoms with E-state index in [1.807, 2.05) is 12.1 Å². The van der Waals surface area contributed by atoms with E-state index in [1.54, 1.807) is 34.1 Å². The Labute approximate surface area is 129 Å². The summed E-state index contributed by atoms with van der Waals surface area (Å²) in [6.45, 7) is 2.22. The number of nitrogens with two attached hydrogens (primary N) is 1. The highest BCUT2D eigenvalue weighted by Gasteiger charge is 2.19. The van der Waals surface area contributed by atoms with Gasteiger partial charge in [0.05, 0.1) is 0 Å². The molecule has 0 saturated carbocycles. The summed E-state index contributed by atoms with van der Waals surface area (Å²) in [5.41, 5.74) is 6.18. The van der Waals surface area contributed by atoms with E-state index in [9.17, 15) is 9.59 Å². The fourth-order valence-electron chi connectivity index (χ4n) is 2.21. The van der Waals surface area contributed by atoms with E-state index >= 15 is 0 Å². The fourth-order valence-corrected chi connectivity index (χ4v) is 2.33. The maximum absolute atomic E-state index is 12.1. The van der Waals surface area contributed by atoms with Gasteiger partial charge in [-0.2, -0.15) is 0 Å². The van der Waals surface area contributed by atoms with E-state index in [0.29, 0.717) is 31.2 Å². The zero-order chi connectivity index (χ0) is 15.2. The Morgan fingerprint density at radius 2 is 1.67 bits per heavy atom. The molecule has 3 amide bonds. The van der Waals surface area contributed by atoms with Crippen molar-refractivity contribution in [3.63, 3.8) is 0 Å². The Kier molecular flexibility index (Phi) is 5.22. The third-order valence-corrected chi connectivity index (χ3v) is 3.66. The first-order valence-corrected chi connectivity index (χ1v) is 7.21. The van der Waals surface area contributed by atoms with Gasteiger partial charge in [-0.25, -0.2) is 4.79 Å². The average Bonchev–Trinajstić information content (AvgIpc) is 2.72. The molecular weight excluding hydrogens is 290 g/mol. The molecule has 1 aliphatic rings. The first-order chi connectivity index (χ1) is 10.1. The van der Waals surface area contributed by atoms with Crippen LogP contribution in [0.25, 0.3) is 6.08 Å². The first kappa shape index (κ1) is 15.4. The molecule has 112 valence electrons. The highest BCUT2D eigenvalue weighted by Crippen LogP contribution is 2.11. The molecule has 1 aromatic rings. The van der Waals surface area contributed by atoms with E-state index in [4.69, 9.17) is 17.3 Å². The zero-order valence-corrected chi connectivity index (χ0v) is 12.4. The number of carbonyl (C=O) groups excluding carboxylic acids is 2. The molecule has 0 aromatic heterocycles. The molecular formula is C15H18ClN3O2. The van der Waals surface area contributed by atoms with Crippen LogP contribution in [0.3, 0.4) is 0 Å². The topological polar surface area (TPSA) is 66.6 Å². The Bertz CT molecular complexity index is 542. The lowest BCUT2D eigenvalue weighted by Crippen LogP contribution is -2.39. The number of carbonyl (C=O) groups is 2. The van der Waals surface area contributed by atoms with Gasteiger partial charge in [-0.3, -0.25) is 4.79 Å². The molecule has 1 aliphatic heterocycles. The van der Waals surface area contributed by atoms with Crippen LogP contribution in [-0.4, -0.2) is 47.9 Å². The van der Waals surface area contributed by atoms with Crippen molar-refractivity contribution in [1.82, 2.24) is 9.80 Å². The van der Waals surface area contributed by atoms with Crippen LogP contribution in [-0.2, 0) is 4.79 Å². The van der Waals surface area contributed by atoms with Gasteiger partial charge in [-0.15, -0.1) is 0 Å². The number of amides is 3. The van der Waals surface area contributed by atoms with Gasteiger partial charge < -0.3 is 15.5 Å². The maximum atomic E-state index is 12.1. The SMILES string of the molecule is NC(=O)N1CCCN(C(=O)C=Cc2ccc(Cl)cc2)CC1. The van der Waals surface area contributed by atoms with Crippen molar-refractivity contribution in [3.05, 3.63) is 40.9 Å². The molecule has 0 bridgehead atoms. The number of hydrogen-bond donors (Lipinski definition) is 1. The van der Waals surface area contributed by atoms with Crippen molar-refractivity contribution < 1.29 is 9.59 Å². The maximum Gasteiger partial charge on any atom is 0.314 e. The van der Waals surface area contributed by atoms with Gasteiger partial charge in [-0.05, 0) is 30.2 Å². The molecule has 1 saturated heterocycles. The molecule has 2 rings (SSSR count). The minimum absolute atomic E-state index is 0.0590. The van der Waals surface area contributed by atoms with E-state index < -0.39 is 6.03 Å². The minimum Gasteiger partial charge on any atom is -0.351 e. The largest absolute Gasteiger partial charge is 0.351 e. The number of hydrogen-bond acceptors (Lipinski definition) is 2. The van der Waals surface area contributed by atoms with Crippen molar-refractivity contribution in [2.45, 2.75) is 6.42 Å². The predicted molar refractivity (Wildman–Crippen MR) is 82.8 cm³/mol. The Morgan fingerprint density at radius 1 is 1.05 bits per heavy atom. The molecule has 1 heterocycles. The number of benzene rings is 1. The molecule has 5 nitrogen and oxygen atoms in total. The third kappa shape index (κ3) is 4.49. The first-order valence-electron chi connectivity index (χ1n) is 6.83. The summed E-state index contributed by atoms with van der Waals surface area (Å²) in [6.07, 6.45) is 4.04. The minimum atomic E-state index is -0.430. The summed E-state index contributed by atoms with van der Waals surface area (Å²) in [6, 6.07) is 6.83. The summed E-state index contributed by atoms with van der Waals surface area (Å²) in [7, 11) is 0. The van der Waals surface area contributed by atoms with Crippen molar-refractivity contribution >= 4 is 29.6 Å². The van der Waals surface area contributed by atoms with Gasteiger partial charge in [-0.1, -0.05) is 23.7 Å². The second kappa shape index (κ2) is 7.13. The molecule has 21 heavy (non-hydrogen) atoms. The summed E-state index contributed by atoms with van der Waals surface area (Å²) in [4.78, 5) is 26.6.